The van der Waals surface area contributed by atoms with E-state index in [-0.39, 0.29) is 0 Å². The Balaban J connectivity index is 1.40. The van der Waals surface area contributed by atoms with Gasteiger partial charge in [0.2, 0.25) is 0 Å². The molecule has 4 N–H and O–H groups in total. The zero-order valence-electron chi connectivity index (χ0n) is 13.4. The fraction of sp³-hybridized carbons (Fsp3) is 1.00. The molecule has 1 aliphatic carbocycles. The Bertz CT molecular complexity index is 381. The Morgan fingerprint density at radius 1 is 1.05 bits per heavy atom. The predicted molar refractivity (Wildman–Crippen MR) is 88.5 cm³/mol. The number of methoxy groups -OCH3 is 1. The van der Waals surface area contributed by atoms with Gasteiger partial charge in [0.1, 0.15) is 5.50 Å². The Morgan fingerprint density at radius 2 is 1.86 bits per heavy atom. The number of ether oxygens (including phenoxy) is 1. The van der Waals surface area contributed by atoms with Crippen molar-refractivity contribution < 1.29 is 4.74 Å². The highest BCUT2D eigenvalue weighted by Gasteiger charge is 2.48. The van der Waals surface area contributed by atoms with Gasteiger partial charge >= 0.3 is 0 Å². The van der Waals surface area contributed by atoms with Crippen LogP contribution in [0.3, 0.4) is 0 Å². The van der Waals surface area contributed by atoms with Crippen LogP contribution in [0.25, 0.3) is 0 Å². The van der Waals surface area contributed by atoms with Crippen LogP contribution in [0, 0.1) is 11.8 Å². The lowest BCUT2D eigenvalue weighted by atomic mass is 9.86. The minimum atomic E-state index is 0.351. The Morgan fingerprint density at radius 3 is 2.68 bits per heavy atom. The van der Waals surface area contributed by atoms with Crippen molar-refractivity contribution in [3.8, 4) is 0 Å². The van der Waals surface area contributed by atoms with Crippen molar-refractivity contribution in [2.45, 2.75) is 61.7 Å². The summed E-state index contributed by atoms with van der Waals surface area (Å²) in [6.07, 6.45) is 8.50. The van der Waals surface area contributed by atoms with Gasteiger partial charge in [0, 0.05) is 13.0 Å². The smallest absolute Gasteiger partial charge is 0.136 e. The topological polar surface area (TPSA) is 60.6 Å². The summed E-state index contributed by atoms with van der Waals surface area (Å²) in [5.74, 6) is 1.35. The molecule has 4 aliphatic rings. The van der Waals surface area contributed by atoms with E-state index in [9.17, 15) is 0 Å². The second-order valence-corrected chi connectivity index (χ2v) is 8.22. The van der Waals surface area contributed by atoms with E-state index < -0.39 is 0 Å². The number of nitrogens with one attached hydrogen (secondary N) is 4. The van der Waals surface area contributed by atoms with Gasteiger partial charge < -0.3 is 10.1 Å². The van der Waals surface area contributed by atoms with Crippen LogP contribution < -0.4 is 21.6 Å². The number of fused-ring (bicyclic) bond motifs is 1. The molecule has 126 valence electrons. The average Bonchev–Trinajstić information content (AvgIpc) is 3.16. The molecular formula is C15H29N5OS. The molecule has 0 spiro atoms. The fourth-order valence-corrected chi connectivity index (χ4v) is 5.90. The standard InChI is InChI=1S/C15H29N5OS/c1-21-12-5-3-2-4-11(12)14-19-20-13(17-18-15(20)22-14)10-6-8-16-9-7-10/h10-19H,2-9H2,1H3. The van der Waals surface area contributed by atoms with E-state index in [0.717, 1.165) is 19.0 Å². The quantitative estimate of drug-likeness (QED) is 0.611. The lowest BCUT2D eigenvalue weighted by Crippen LogP contribution is -2.53. The summed E-state index contributed by atoms with van der Waals surface area (Å²) in [5.41, 5.74) is 11.2. The van der Waals surface area contributed by atoms with Gasteiger partial charge in [-0.3, -0.25) is 0 Å². The number of hydrogen-bond donors (Lipinski definition) is 4. The third-order valence-electron chi connectivity index (χ3n) is 5.73. The van der Waals surface area contributed by atoms with Crippen LogP contribution >= 0.6 is 11.8 Å². The monoisotopic (exact) mass is 327 g/mol. The first-order valence-corrected chi connectivity index (χ1v) is 9.75. The highest BCUT2D eigenvalue weighted by Crippen LogP contribution is 2.40. The maximum atomic E-state index is 5.77. The van der Waals surface area contributed by atoms with E-state index in [1.54, 1.807) is 0 Å². The van der Waals surface area contributed by atoms with Crippen LogP contribution in [0.15, 0.2) is 0 Å². The molecule has 3 heterocycles. The van der Waals surface area contributed by atoms with E-state index in [2.05, 4.69) is 26.6 Å². The molecule has 5 atom stereocenters. The summed E-state index contributed by atoms with van der Waals surface area (Å²) in [4.78, 5) is 0. The molecule has 6 nitrogen and oxygen atoms in total. The molecule has 4 fully saturated rings. The van der Waals surface area contributed by atoms with Crippen molar-refractivity contribution in [1.29, 1.82) is 0 Å². The van der Waals surface area contributed by atoms with Crippen molar-refractivity contribution >= 4 is 11.8 Å². The maximum absolute atomic E-state index is 5.77. The summed E-state index contributed by atoms with van der Waals surface area (Å²) < 4.78 is 5.77. The number of hydrogen-bond acceptors (Lipinski definition) is 7. The first-order valence-electron chi connectivity index (χ1n) is 8.81. The second-order valence-electron chi connectivity index (χ2n) is 6.99. The summed E-state index contributed by atoms with van der Waals surface area (Å²) in [5, 5.41) is 6.38. The predicted octanol–water partition coefficient (Wildman–Crippen LogP) is 0.788. The highest BCUT2D eigenvalue weighted by molar-refractivity contribution is 8.00. The largest absolute Gasteiger partial charge is 0.381 e. The van der Waals surface area contributed by atoms with Crippen molar-refractivity contribution in [3.05, 3.63) is 0 Å². The Labute approximate surface area is 137 Å². The fourth-order valence-electron chi connectivity index (χ4n) is 4.47. The van der Waals surface area contributed by atoms with Crippen LogP contribution in [0.1, 0.15) is 38.5 Å². The van der Waals surface area contributed by atoms with E-state index in [4.69, 9.17) is 4.74 Å². The van der Waals surface area contributed by atoms with Gasteiger partial charge in [-0.15, -0.1) is 11.8 Å². The first kappa shape index (κ1) is 15.6. The van der Waals surface area contributed by atoms with Crippen LogP contribution in [-0.2, 0) is 4.74 Å². The molecule has 1 saturated carbocycles. The molecular weight excluding hydrogens is 298 g/mol. The van der Waals surface area contributed by atoms with Gasteiger partial charge in [-0.1, -0.05) is 12.8 Å². The lowest BCUT2D eigenvalue weighted by Gasteiger charge is -2.36. The molecule has 3 aliphatic heterocycles. The van der Waals surface area contributed by atoms with Crippen LogP contribution in [0.5, 0.6) is 0 Å². The van der Waals surface area contributed by atoms with Gasteiger partial charge in [0.25, 0.3) is 0 Å². The molecule has 0 aromatic heterocycles. The van der Waals surface area contributed by atoms with E-state index in [1.807, 2.05) is 18.9 Å². The second kappa shape index (κ2) is 6.93. The third kappa shape index (κ3) is 2.92. The molecule has 5 unspecified atom stereocenters. The van der Waals surface area contributed by atoms with Gasteiger partial charge in [-0.25, -0.2) is 16.3 Å². The molecule has 0 aromatic carbocycles. The lowest BCUT2D eigenvalue weighted by molar-refractivity contribution is 0.00559. The minimum Gasteiger partial charge on any atom is -0.381 e. The molecule has 7 heteroatoms. The normalized spacial score (nSPS) is 44.3. The van der Waals surface area contributed by atoms with Gasteiger partial charge in [-0.05, 0) is 44.7 Å². The number of rotatable bonds is 3. The number of thioether (sulfide) groups is 1. The maximum Gasteiger partial charge on any atom is 0.136 e. The summed E-state index contributed by atoms with van der Waals surface area (Å²) >= 11 is 2.02. The molecule has 0 radical (unpaired) electrons. The van der Waals surface area contributed by atoms with E-state index in [0.29, 0.717) is 29.1 Å². The Hall–Kier alpha value is 0.110. The molecule has 0 bridgehead atoms. The van der Waals surface area contributed by atoms with Crippen molar-refractivity contribution in [1.82, 2.24) is 26.6 Å². The Kier molecular flexibility index (Phi) is 4.92. The van der Waals surface area contributed by atoms with Crippen LogP contribution in [0.4, 0.5) is 0 Å². The average molecular weight is 327 g/mol. The van der Waals surface area contributed by atoms with Gasteiger partial charge in [0.05, 0.1) is 17.6 Å². The van der Waals surface area contributed by atoms with E-state index >= 15 is 0 Å². The summed E-state index contributed by atoms with van der Waals surface area (Å²) in [6.45, 7) is 2.29. The van der Waals surface area contributed by atoms with Crippen LogP contribution in [-0.4, -0.2) is 48.3 Å². The molecule has 0 aromatic rings. The van der Waals surface area contributed by atoms with Crippen molar-refractivity contribution in [2.75, 3.05) is 20.2 Å². The summed E-state index contributed by atoms with van der Waals surface area (Å²) in [6, 6.07) is 0. The molecule has 3 saturated heterocycles. The van der Waals surface area contributed by atoms with Gasteiger partial charge in [0.15, 0.2) is 0 Å². The first-order chi connectivity index (χ1) is 10.9. The van der Waals surface area contributed by atoms with Crippen molar-refractivity contribution in [2.24, 2.45) is 11.8 Å². The molecule has 0 amide bonds. The highest BCUT2D eigenvalue weighted by atomic mass is 32.2. The zero-order chi connectivity index (χ0) is 14.9. The third-order valence-corrected chi connectivity index (χ3v) is 7.09. The molecule has 4 rings (SSSR count). The summed E-state index contributed by atoms with van der Waals surface area (Å²) in [7, 11) is 1.88. The van der Waals surface area contributed by atoms with E-state index in [1.165, 1.54) is 38.5 Å². The number of nitrogens with zero attached hydrogens (tertiary/aromatic N) is 1. The number of piperidine rings is 1. The zero-order valence-corrected chi connectivity index (χ0v) is 14.2. The molecule has 22 heavy (non-hydrogen) atoms. The SMILES string of the molecule is COC1CCCCC1C1NN2C(NNC2C2CCNCC2)S1. The number of hydrazine groups is 2. The van der Waals surface area contributed by atoms with Crippen molar-refractivity contribution in [3.63, 3.8) is 0 Å². The minimum absolute atomic E-state index is 0.351. The van der Waals surface area contributed by atoms with Crippen LogP contribution in [0.2, 0.25) is 0 Å². The van der Waals surface area contributed by atoms with Gasteiger partial charge in [-0.2, -0.15) is 5.01 Å².